The Morgan fingerprint density at radius 2 is 1.78 bits per heavy atom. The number of hydrogen-bond acceptors (Lipinski definition) is 5. The number of rotatable bonds is 9. The average molecular weight is 341 g/mol. The normalized spacial score (nSPS) is 11.6. The molecular weight excluding hydrogens is 320 g/mol. The van der Waals surface area contributed by atoms with E-state index in [1.807, 2.05) is 0 Å². The molecule has 0 aliphatic heterocycles. The smallest absolute Gasteiger partial charge is 0.341 e. The summed E-state index contributed by atoms with van der Waals surface area (Å²) in [4.78, 5) is 24.7. The van der Waals surface area contributed by atoms with Crippen molar-refractivity contribution in [3.63, 3.8) is 0 Å². The van der Waals surface area contributed by atoms with Crippen LogP contribution in [0.2, 0.25) is 5.02 Å². The average Bonchev–Trinajstić information content (AvgIpc) is 2.52. The largest absolute Gasteiger partial charge is 0.462 e. The topological polar surface area (TPSA) is 61.8 Å². The van der Waals surface area contributed by atoms with E-state index in [2.05, 4.69) is 0 Å². The first-order chi connectivity index (χ1) is 11.0. The van der Waals surface area contributed by atoms with Crippen molar-refractivity contribution in [1.82, 2.24) is 0 Å². The molecule has 1 aromatic carbocycles. The lowest BCUT2D eigenvalue weighted by molar-refractivity contribution is -0.165. The predicted molar refractivity (Wildman–Crippen MR) is 88.1 cm³/mol. The lowest BCUT2D eigenvalue weighted by atomic mass is 10.1. The third-order valence-electron chi connectivity index (χ3n) is 2.77. The van der Waals surface area contributed by atoms with Crippen LogP contribution in [0, 0.1) is 0 Å². The molecule has 5 nitrogen and oxygen atoms in total. The highest BCUT2D eigenvalue weighted by molar-refractivity contribution is 6.30. The monoisotopic (exact) mass is 340 g/mol. The van der Waals surface area contributed by atoms with Crippen LogP contribution in [-0.4, -0.2) is 37.9 Å². The summed E-state index contributed by atoms with van der Waals surface area (Å²) in [5, 5.41) is 0.501. The zero-order valence-electron chi connectivity index (χ0n) is 13.5. The van der Waals surface area contributed by atoms with Gasteiger partial charge in [0, 0.05) is 18.2 Å². The Bertz CT molecular complexity index is 562. The minimum Gasteiger partial charge on any atom is -0.462 e. The Morgan fingerprint density at radius 1 is 1.13 bits per heavy atom. The van der Waals surface area contributed by atoms with Gasteiger partial charge in [0.15, 0.2) is 0 Å². The highest BCUT2D eigenvalue weighted by Gasteiger charge is 2.28. The van der Waals surface area contributed by atoms with Gasteiger partial charge in [-0.1, -0.05) is 23.7 Å². The molecule has 0 unspecified atom stereocenters. The molecule has 126 valence electrons. The first-order valence-corrected chi connectivity index (χ1v) is 7.83. The first kappa shape index (κ1) is 19.4. The molecule has 0 aliphatic carbocycles. The first-order valence-electron chi connectivity index (χ1n) is 7.45. The van der Waals surface area contributed by atoms with Crippen LogP contribution in [0.5, 0.6) is 0 Å². The maximum absolute atomic E-state index is 12.6. The van der Waals surface area contributed by atoms with Crippen molar-refractivity contribution in [3.05, 3.63) is 40.4 Å². The summed E-state index contributed by atoms with van der Waals surface area (Å²) in [7, 11) is 0. The molecule has 0 radical (unpaired) electrons. The number of benzene rings is 1. The third kappa shape index (κ3) is 6.14. The summed E-state index contributed by atoms with van der Waals surface area (Å²) in [6.07, 6.45) is 0.289. The summed E-state index contributed by atoms with van der Waals surface area (Å²) in [5.41, 5.74) is 0.474. The Hall–Kier alpha value is -1.69. The van der Waals surface area contributed by atoms with E-state index in [1.165, 1.54) is 6.08 Å². The highest BCUT2D eigenvalue weighted by Crippen LogP contribution is 2.17. The predicted octanol–water partition coefficient (Wildman–Crippen LogP) is 3.25. The second-order valence-corrected chi connectivity index (χ2v) is 4.88. The number of Topliss-reactive ketones (excluding diaryl/α,β-unsaturated/α-hetero) is 1. The Morgan fingerprint density at radius 3 is 2.30 bits per heavy atom. The second-order valence-electron chi connectivity index (χ2n) is 4.44. The summed E-state index contributed by atoms with van der Waals surface area (Å²) in [5.74, 6) is -1.30. The van der Waals surface area contributed by atoms with Gasteiger partial charge in [0.2, 0.25) is 12.1 Å². The van der Waals surface area contributed by atoms with Crippen molar-refractivity contribution in [3.8, 4) is 0 Å². The van der Waals surface area contributed by atoms with Gasteiger partial charge in [0.05, 0.1) is 6.61 Å². The lowest BCUT2D eigenvalue weighted by Crippen LogP contribution is -2.32. The van der Waals surface area contributed by atoms with Gasteiger partial charge in [-0.05, 0) is 44.5 Å². The van der Waals surface area contributed by atoms with E-state index < -0.39 is 18.0 Å². The number of carbonyl (C=O) groups excluding carboxylic acids is 2. The van der Waals surface area contributed by atoms with Crippen LogP contribution in [0.3, 0.4) is 0 Å². The summed E-state index contributed by atoms with van der Waals surface area (Å²) < 4.78 is 15.5. The molecule has 6 heteroatoms. The maximum Gasteiger partial charge on any atom is 0.341 e. The van der Waals surface area contributed by atoms with Crippen molar-refractivity contribution < 1.29 is 23.8 Å². The maximum atomic E-state index is 12.6. The molecule has 0 bridgehead atoms. The van der Waals surface area contributed by atoms with Crippen LogP contribution in [0.15, 0.2) is 29.8 Å². The molecule has 1 aromatic rings. The molecule has 0 saturated carbocycles. The fourth-order valence-corrected chi connectivity index (χ4v) is 2.03. The van der Waals surface area contributed by atoms with Crippen LogP contribution in [0.25, 0.3) is 6.08 Å². The van der Waals surface area contributed by atoms with Gasteiger partial charge in [-0.25, -0.2) is 4.79 Å². The minimum absolute atomic E-state index is 0.138. The van der Waals surface area contributed by atoms with E-state index >= 15 is 0 Å². The van der Waals surface area contributed by atoms with E-state index in [9.17, 15) is 9.59 Å². The Kier molecular flexibility index (Phi) is 8.55. The van der Waals surface area contributed by atoms with Gasteiger partial charge < -0.3 is 14.2 Å². The molecule has 0 heterocycles. The fourth-order valence-electron chi connectivity index (χ4n) is 1.83. The van der Waals surface area contributed by atoms with Gasteiger partial charge in [-0.2, -0.15) is 0 Å². The van der Waals surface area contributed by atoms with Crippen LogP contribution < -0.4 is 0 Å². The van der Waals surface area contributed by atoms with Crippen molar-refractivity contribution in [2.75, 3.05) is 19.8 Å². The van der Waals surface area contributed by atoms with Gasteiger partial charge in [0.1, 0.15) is 5.57 Å². The van der Waals surface area contributed by atoms with E-state index in [-0.39, 0.29) is 25.4 Å². The molecule has 0 spiro atoms. The Labute approximate surface area is 141 Å². The van der Waals surface area contributed by atoms with Crippen LogP contribution in [0.4, 0.5) is 0 Å². The molecule has 0 fully saturated rings. The number of halogens is 1. The fraction of sp³-hybridized carbons (Fsp3) is 0.412. The zero-order chi connectivity index (χ0) is 17.2. The molecule has 23 heavy (non-hydrogen) atoms. The molecule has 0 atom stereocenters. The SMILES string of the molecule is CCOC(=O)/C(=C\c1cccc(Cl)c1)C(=O)C(OCC)OCC. The van der Waals surface area contributed by atoms with E-state index in [4.69, 9.17) is 25.8 Å². The lowest BCUT2D eigenvalue weighted by Gasteiger charge is -2.16. The zero-order valence-corrected chi connectivity index (χ0v) is 14.3. The molecule has 0 aliphatic rings. The van der Waals surface area contributed by atoms with Crippen molar-refractivity contribution in [2.45, 2.75) is 27.1 Å². The third-order valence-corrected chi connectivity index (χ3v) is 3.01. The summed E-state index contributed by atoms with van der Waals surface area (Å²) in [6, 6.07) is 6.80. The van der Waals surface area contributed by atoms with Crippen LogP contribution in [0.1, 0.15) is 26.3 Å². The van der Waals surface area contributed by atoms with Crippen molar-refractivity contribution in [2.24, 2.45) is 0 Å². The quantitative estimate of drug-likeness (QED) is 0.227. The van der Waals surface area contributed by atoms with Crippen molar-refractivity contribution in [1.29, 1.82) is 0 Å². The second kappa shape index (κ2) is 10.2. The molecular formula is C17H21ClO5. The van der Waals surface area contributed by atoms with Crippen LogP contribution >= 0.6 is 11.6 Å². The molecule has 0 aromatic heterocycles. The van der Waals surface area contributed by atoms with Crippen LogP contribution in [-0.2, 0) is 23.8 Å². The number of ketones is 1. The number of ether oxygens (including phenoxy) is 3. The van der Waals surface area contributed by atoms with Gasteiger partial charge >= 0.3 is 5.97 Å². The number of esters is 1. The number of carbonyl (C=O) groups is 2. The van der Waals surface area contributed by atoms with Gasteiger partial charge in [-0.15, -0.1) is 0 Å². The molecule has 0 N–H and O–H groups in total. The highest BCUT2D eigenvalue weighted by atomic mass is 35.5. The van der Waals surface area contributed by atoms with E-state index in [0.717, 1.165) is 0 Å². The molecule has 0 saturated heterocycles. The molecule has 0 amide bonds. The van der Waals surface area contributed by atoms with Gasteiger partial charge in [0.25, 0.3) is 0 Å². The molecule has 1 rings (SSSR count). The summed E-state index contributed by atoms with van der Waals surface area (Å²) in [6.45, 7) is 5.87. The number of hydrogen-bond donors (Lipinski definition) is 0. The van der Waals surface area contributed by atoms with E-state index in [0.29, 0.717) is 10.6 Å². The van der Waals surface area contributed by atoms with Gasteiger partial charge in [-0.3, -0.25) is 4.79 Å². The van der Waals surface area contributed by atoms with Crippen molar-refractivity contribution >= 4 is 29.4 Å². The Balaban J connectivity index is 3.18. The van der Waals surface area contributed by atoms with E-state index in [1.54, 1.807) is 45.0 Å². The summed E-state index contributed by atoms with van der Waals surface area (Å²) >= 11 is 5.93. The standard InChI is InChI=1S/C17H21ClO5/c1-4-21-16(20)14(11-12-8-7-9-13(18)10-12)15(19)17(22-5-2)23-6-3/h7-11,17H,4-6H2,1-3H3/b14-11-. The minimum atomic E-state index is -1.14.